The van der Waals surface area contributed by atoms with Crippen LogP contribution in [0.1, 0.15) is 6.92 Å². The Morgan fingerprint density at radius 3 is 2.04 bits per heavy atom. The lowest BCUT2D eigenvalue weighted by atomic mass is 10.2. The Balaban J connectivity index is 1.58. The number of carbonyl (C=O) groups excluding carboxylic acids is 1. The number of rotatable bonds is 5. The summed E-state index contributed by atoms with van der Waals surface area (Å²) in [5.74, 6) is -0.197. The molecule has 1 heterocycles. The van der Waals surface area contributed by atoms with Crippen LogP contribution in [-0.2, 0) is 14.8 Å². The standard InChI is InChI=1S/C19H23N3O3S/c1-16(20-26(24,25)18-10-6-3-7-11-18)19(23)22-14-12-21(13-15-22)17-8-4-2-5-9-17/h2-11,16,20H,12-15H2,1H3. The Morgan fingerprint density at radius 1 is 0.923 bits per heavy atom. The fourth-order valence-electron chi connectivity index (χ4n) is 3.05. The first-order valence-electron chi connectivity index (χ1n) is 8.63. The minimum absolute atomic E-state index is 0.161. The molecule has 0 saturated carbocycles. The third kappa shape index (κ3) is 4.23. The minimum atomic E-state index is -3.70. The van der Waals surface area contributed by atoms with Gasteiger partial charge in [0.1, 0.15) is 0 Å². The van der Waals surface area contributed by atoms with E-state index in [0.717, 1.165) is 18.8 Å². The first-order valence-corrected chi connectivity index (χ1v) is 10.1. The molecule has 1 aliphatic heterocycles. The highest BCUT2D eigenvalue weighted by Gasteiger charge is 2.28. The summed E-state index contributed by atoms with van der Waals surface area (Å²) in [4.78, 5) is 16.7. The molecule has 1 atom stereocenters. The van der Waals surface area contributed by atoms with E-state index >= 15 is 0 Å². The molecule has 1 fully saturated rings. The molecular weight excluding hydrogens is 350 g/mol. The van der Waals surface area contributed by atoms with Crippen LogP contribution in [0.5, 0.6) is 0 Å². The van der Waals surface area contributed by atoms with Gasteiger partial charge < -0.3 is 9.80 Å². The monoisotopic (exact) mass is 373 g/mol. The molecule has 7 heteroatoms. The number of anilines is 1. The van der Waals surface area contributed by atoms with Gasteiger partial charge in [0.05, 0.1) is 10.9 Å². The van der Waals surface area contributed by atoms with E-state index in [-0.39, 0.29) is 10.8 Å². The number of amides is 1. The normalized spacial score (nSPS) is 16.3. The maximum Gasteiger partial charge on any atom is 0.241 e. The Hall–Kier alpha value is -2.38. The predicted octanol–water partition coefficient (Wildman–Crippen LogP) is 1.70. The summed E-state index contributed by atoms with van der Waals surface area (Å²) in [7, 11) is -3.70. The third-order valence-electron chi connectivity index (χ3n) is 4.47. The van der Waals surface area contributed by atoms with Gasteiger partial charge in [-0.2, -0.15) is 4.72 Å². The van der Waals surface area contributed by atoms with Crippen LogP contribution in [0.4, 0.5) is 5.69 Å². The molecule has 0 bridgehead atoms. The molecule has 0 radical (unpaired) electrons. The van der Waals surface area contributed by atoms with Gasteiger partial charge in [-0.15, -0.1) is 0 Å². The van der Waals surface area contributed by atoms with Crippen molar-refractivity contribution in [2.24, 2.45) is 0 Å². The van der Waals surface area contributed by atoms with Gasteiger partial charge in [-0.1, -0.05) is 36.4 Å². The molecule has 3 rings (SSSR count). The zero-order chi connectivity index (χ0) is 18.6. The number of hydrogen-bond donors (Lipinski definition) is 1. The summed E-state index contributed by atoms with van der Waals surface area (Å²) in [5, 5.41) is 0. The number of benzene rings is 2. The Morgan fingerprint density at radius 2 is 1.46 bits per heavy atom. The number of para-hydroxylation sites is 1. The lowest BCUT2D eigenvalue weighted by molar-refractivity contribution is -0.132. The summed E-state index contributed by atoms with van der Waals surface area (Å²) >= 11 is 0. The van der Waals surface area contributed by atoms with E-state index in [9.17, 15) is 13.2 Å². The van der Waals surface area contributed by atoms with E-state index in [0.29, 0.717) is 13.1 Å². The molecule has 0 spiro atoms. The summed E-state index contributed by atoms with van der Waals surface area (Å²) in [6, 6.07) is 17.3. The van der Waals surface area contributed by atoms with Crippen molar-refractivity contribution in [3.8, 4) is 0 Å². The number of sulfonamides is 1. The number of piperazine rings is 1. The van der Waals surface area contributed by atoms with Crippen molar-refractivity contribution in [1.29, 1.82) is 0 Å². The van der Waals surface area contributed by atoms with Gasteiger partial charge in [0, 0.05) is 31.9 Å². The van der Waals surface area contributed by atoms with Gasteiger partial charge in [0.15, 0.2) is 0 Å². The Kier molecular flexibility index (Phi) is 5.58. The second-order valence-electron chi connectivity index (χ2n) is 6.30. The zero-order valence-electron chi connectivity index (χ0n) is 14.7. The fraction of sp³-hybridized carbons (Fsp3) is 0.316. The van der Waals surface area contributed by atoms with Crippen molar-refractivity contribution < 1.29 is 13.2 Å². The number of carbonyl (C=O) groups is 1. The molecule has 1 amide bonds. The van der Waals surface area contributed by atoms with Gasteiger partial charge in [-0.25, -0.2) is 8.42 Å². The summed E-state index contributed by atoms with van der Waals surface area (Å²) in [6.07, 6.45) is 0. The highest BCUT2D eigenvalue weighted by Crippen LogP contribution is 2.16. The summed E-state index contributed by atoms with van der Waals surface area (Å²) in [6.45, 7) is 4.20. The molecule has 0 aliphatic carbocycles. The molecule has 6 nitrogen and oxygen atoms in total. The van der Waals surface area contributed by atoms with Crippen LogP contribution in [0.15, 0.2) is 65.6 Å². The van der Waals surface area contributed by atoms with Crippen LogP contribution in [0, 0.1) is 0 Å². The average molecular weight is 373 g/mol. The van der Waals surface area contributed by atoms with Crippen molar-refractivity contribution >= 4 is 21.6 Å². The molecule has 1 aliphatic rings. The number of hydrogen-bond acceptors (Lipinski definition) is 4. The van der Waals surface area contributed by atoms with Crippen molar-refractivity contribution in [1.82, 2.24) is 9.62 Å². The third-order valence-corrected chi connectivity index (χ3v) is 6.03. The zero-order valence-corrected chi connectivity index (χ0v) is 15.5. The molecule has 1 saturated heterocycles. The first kappa shape index (κ1) is 18.4. The van der Waals surface area contributed by atoms with E-state index in [4.69, 9.17) is 0 Å². The summed E-state index contributed by atoms with van der Waals surface area (Å²) in [5.41, 5.74) is 1.14. The maximum atomic E-state index is 12.6. The molecular formula is C19H23N3O3S. The molecule has 26 heavy (non-hydrogen) atoms. The Bertz CT molecular complexity index is 833. The molecule has 1 N–H and O–H groups in total. The minimum Gasteiger partial charge on any atom is -0.368 e. The molecule has 2 aromatic carbocycles. The van der Waals surface area contributed by atoms with Crippen LogP contribution in [0.3, 0.4) is 0 Å². The van der Waals surface area contributed by atoms with Gasteiger partial charge >= 0.3 is 0 Å². The highest BCUT2D eigenvalue weighted by molar-refractivity contribution is 7.89. The van der Waals surface area contributed by atoms with E-state index in [2.05, 4.69) is 9.62 Å². The van der Waals surface area contributed by atoms with Gasteiger partial charge in [-0.05, 0) is 31.2 Å². The van der Waals surface area contributed by atoms with Crippen LogP contribution < -0.4 is 9.62 Å². The smallest absolute Gasteiger partial charge is 0.241 e. The second kappa shape index (κ2) is 7.88. The van der Waals surface area contributed by atoms with Gasteiger partial charge in [0.2, 0.25) is 15.9 Å². The van der Waals surface area contributed by atoms with Crippen molar-refractivity contribution in [3.63, 3.8) is 0 Å². The molecule has 2 aromatic rings. The molecule has 1 unspecified atom stereocenters. The number of nitrogens with one attached hydrogen (secondary N) is 1. The molecule has 138 valence electrons. The predicted molar refractivity (Wildman–Crippen MR) is 101 cm³/mol. The lowest BCUT2D eigenvalue weighted by Crippen LogP contribution is -2.54. The number of nitrogens with zero attached hydrogens (tertiary/aromatic N) is 2. The largest absolute Gasteiger partial charge is 0.368 e. The van der Waals surface area contributed by atoms with Gasteiger partial charge in [0.25, 0.3) is 0 Å². The fourth-order valence-corrected chi connectivity index (χ4v) is 4.27. The quantitative estimate of drug-likeness (QED) is 0.866. The van der Waals surface area contributed by atoms with Crippen LogP contribution >= 0.6 is 0 Å². The lowest BCUT2D eigenvalue weighted by Gasteiger charge is -2.37. The van der Waals surface area contributed by atoms with Crippen molar-refractivity contribution in [2.75, 3.05) is 31.1 Å². The second-order valence-corrected chi connectivity index (χ2v) is 8.02. The summed E-state index contributed by atoms with van der Waals surface area (Å²) < 4.78 is 27.2. The van der Waals surface area contributed by atoms with E-state index < -0.39 is 16.1 Å². The maximum absolute atomic E-state index is 12.6. The average Bonchev–Trinajstić information content (AvgIpc) is 2.68. The topological polar surface area (TPSA) is 69.7 Å². The Labute approximate surface area is 154 Å². The van der Waals surface area contributed by atoms with E-state index in [1.54, 1.807) is 30.0 Å². The highest BCUT2D eigenvalue weighted by atomic mass is 32.2. The van der Waals surface area contributed by atoms with Gasteiger partial charge in [-0.3, -0.25) is 4.79 Å². The van der Waals surface area contributed by atoms with E-state index in [1.807, 2.05) is 30.3 Å². The van der Waals surface area contributed by atoms with Crippen LogP contribution in [-0.4, -0.2) is 51.4 Å². The van der Waals surface area contributed by atoms with E-state index in [1.165, 1.54) is 12.1 Å². The van der Waals surface area contributed by atoms with Crippen LogP contribution in [0.25, 0.3) is 0 Å². The first-order chi connectivity index (χ1) is 12.5. The van der Waals surface area contributed by atoms with Crippen molar-refractivity contribution in [3.05, 3.63) is 60.7 Å². The molecule has 0 aromatic heterocycles. The van der Waals surface area contributed by atoms with Crippen molar-refractivity contribution in [2.45, 2.75) is 17.9 Å². The van der Waals surface area contributed by atoms with Crippen LogP contribution in [0.2, 0.25) is 0 Å². The SMILES string of the molecule is CC(NS(=O)(=O)c1ccccc1)C(=O)N1CCN(c2ccccc2)CC1.